The van der Waals surface area contributed by atoms with E-state index in [2.05, 4.69) is 0 Å². The molecule has 0 fully saturated rings. The van der Waals surface area contributed by atoms with Crippen LogP contribution in [-0.2, 0) is 0 Å². The van der Waals surface area contributed by atoms with Crippen molar-refractivity contribution in [2.45, 2.75) is 0 Å². The van der Waals surface area contributed by atoms with E-state index in [1.807, 2.05) is 0 Å². The molecule has 0 spiro atoms. The maximum absolute atomic E-state index is 10.9. The highest BCUT2D eigenvalue weighted by atomic mass is 35.5. The zero-order chi connectivity index (χ0) is 11.4. The third-order valence-electron chi connectivity index (χ3n) is 2.04. The standard InChI is InChI=1S/C10H12ClNO3/c1-12(4-5-13)9-3-2-7(11)6-8(9)10(14)15/h2-3,6,13H,4-5H2,1H3,(H,14,15). The number of aliphatic hydroxyl groups is 1. The van der Waals surface area contributed by atoms with E-state index in [1.54, 1.807) is 24.1 Å². The molecule has 0 heterocycles. The maximum Gasteiger partial charge on any atom is 0.337 e. The normalized spacial score (nSPS) is 10.1. The molecule has 0 amide bonds. The van der Waals surface area contributed by atoms with Crippen molar-refractivity contribution in [3.05, 3.63) is 28.8 Å². The Kier molecular flexibility index (Phi) is 3.94. The van der Waals surface area contributed by atoms with Crippen molar-refractivity contribution in [1.82, 2.24) is 0 Å². The van der Waals surface area contributed by atoms with Gasteiger partial charge in [-0.25, -0.2) is 4.79 Å². The van der Waals surface area contributed by atoms with Crippen LogP contribution in [-0.4, -0.2) is 36.4 Å². The van der Waals surface area contributed by atoms with Crippen LogP contribution in [0.15, 0.2) is 18.2 Å². The second-order valence-electron chi connectivity index (χ2n) is 3.11. The Hall–Kier alpha value is -1.26. The Labute approximate surface area is 92.7 Å². The van der Waals surface area contributed by atoms with Crippen LogP contribution in [0.5, 0.6) is 0 Å². The van der Waals surface area contributed by atoms with E-state index in [1.165, 1.54) is 6.07 Å². The molecule has 0 bridgehead atoms. The molecular formula is C10H12ClNO3. The number of halogens is 1. The predicted octanol–water partition coefficient (Wildman–Crippen LogP) is 1.47. The number of carboxylic acids is 1. The Morgan fingerprint density at radius 3 is 2.73 bits per heavy atom. The highest BCUT2D eigenvalue weighted by molar-refractivity contribution is 6.31. The Bertz CT molecular complexity index is 368. The second-order valence-corrected chi connectivity index (χ2v) is 3.55. The van der Waals surface area contributed by atoms with Crippen LogP contribution >= 0.6 is 11.6 Å². The van der Waals surface area contributed by atoms with E-state index in [4.69, 9.17) is 21.8 Å². The topological polar surface area (TPSA) is 60.8 Å². The Balaban J connectivity index is 3.10. The molecule has 0 atom stereocenters. The van der Waals surface area contributed by atoms with Gasteiger partial charge < -0.3 is 15.1 Å². The van der Waals surface area contributed by atoms with Crippen LogP contribution in [0.25, 0.3) is 0 Å². The monoisotopic (exact) mass is 229 g/mol. The van der Waals surface area contributed by atoms with Gasteiger partial charge in [0.25, 0.3) is 0 Å². The lowest BCUT2D eigenvalue weighted by Gasteiger charge is -2.20. The third-order valence-corrected chi connectivity index (χ3v) is 2.27. The summed E-state index contributed by atoms with van der Waals surface area (Å²) in [6.45, 7) is 0.347. The van der Waals surface area contributed by atoms with Crippen molar-refractivity contribution in [3.63, 3.8) is 0 Å². The fourth-order valence-electron chi connectivity index (χ4n) is 1.28. The van der Waals surface area contributed by atoms with E-state index in [0.29, 0.717) is 17.3 Å². The van der Waals surface area contributed by atoms with Crippen LogP contribution in [0.2, 0.25) is 5.02 Å². The molecule has 0 aromatic heterocycles. The zero-order valence-corrected chi connectivity index (χ0v) is 9.03. The van der Waals surface area contributed by atoms with Crippen LogP contribution in [0.3, 0.4) is 0 Å². The Morgan fingerprint density at radius 1 is 1.53 bits per heavy atom. The number of anilines is 1. The van der Waals surface area contributed by atoms with E-state index >= 15 is 0 Å². The molecule has 82 valence electrons. The molecule has 2 N–H and O–H groups in total. The third kappa shape index (κ3) is 2.84. The van der Waals surface area contributed by atoms with Crippen molar-refractivity contribution in [1.29, 1.82) is 0 Å². The van der Waals surface area contributed by atoms with E-state index in [9.17, 15) is 4.79 Å². The molecular weight excluding hydrogens is 218 g/mol. The maximum atomic E-state index is 10.9. The fraction of sp³-hybridized carbons (Fsp3) is 0.300. The molecule has 0 unspecified atom stereocenters. The van der Waals surface area contributed by atoms with Crippen molar-refractivity contribution >= 4 is 23.3 Å². The van der Waals surface area contributed by atoms with Gasteiger partial charge in [-0.3, -0.25) is 0 Å². The summed E-state index contributed by atoms with van der Waals surface area (Å²) in [6, 6.07) is 4.64. The van der Waals surface area contributed by atoms with E-state index in [0.717, 1.165) is 0 Å². The lowest BCUT2D eigenvalue weighted by atomic mass is 10.1. The molecule has 5 heteroatoms. The molecule has 4 nitrogen and oxygen atoms in total. The summed E-state index contributed by atoms with van der Waals surface area (Å²) in [4.78, 5) is 12.6. The highest BCUT2D eigenvalue weighted by Gasteiger charge is 2.13. The van der Waals surface area contributed by atoms with Gasteiger partial charge in [0, 0.05) is 18.6 Å². The van der Waals surface area contributed by atoms with E-state index in [-0.39, 0.29) is 12.2 Å². The summed E-state index contributed by atoms with van der Waals surface area (Å²) in [7, 11) is 1.71. The molecule has 15 heavy (non-hydrogen) atoms. The van der Waals surface area contributed by atoms with Crippen LogP contribution < -0.4 is 4.90 Å². The number of benzene rings is 1. The number of likely N-dealkylation sites (N-methyl/N-ethyl adjacent to an activating group) is 1. The number of nitrogens with zero attached hydrogens (tertiary/aromatic N) is 1. The lowest BCUT2D eigenvalue weighted by Crippen LogP contribution is -2.23. The summed E-state index contributed by atoms with van der Waals surface area (Å²) >= 11 is 5.71. The number of hydrogen-bond donors (Lipinski definition) is 2. The van der Waals surface area contributed by atoms with Crippen LogP contribution in [0, 0.1) is 0 Å². The largest absolute Gasteiger partial charge is 0.478 e. The fourth-order valence-corrected chi connectivity index (χ4v) is 1.45. The summed E-state index contributed by atoms with van der Waals surface area (Å²) in [5.41, 5.74) is 0.680. The zero-order valence-electron chi connectivity index (χ0n) is 8.27. The van der Waals surface area contributed by atoms with Gasteiger partial charge in [0.15, 0.2) is 0 Å². The number of carbonyl (C=O) groups is 1. The van der Waals surface area contributed by atoms with Gasteiger partial charge in [-0.15, -0.1) is 0 Å². The SMILES string of the molecule is CN(CCO)c1ccc(Cl)cc1C(=O)O. The predicted molar refractivity (Wildman–Crippen MR) is 58.8 cm³/mol. The number of rotatable bonds is 4. The summed E-state index contributed by atoms with van der Waals surface area (Å²) in [5.74, 6) is -1.03. The molecule has 1 aromatic rings. The van der Waals surface area contributed by atoms with Crippen molar-refractivity contribution in [2.24, 2.45) is 0 Å². The first-order valence-corrected chi connectivity index (χ1v) is 4.79. The molecule has 0 aliphatic rings. The van der Waals surface area contributed by atoms with Gasteiger partial charge in [-0.2, -0.15) is 0 Å². The quantitative estimate of drug-likeness (QED) is 0.821. The van der Waals surface area contributed by atoms with Crippen molar-refractivity contribution in [2.75, 3.05) is 25.1 Å². The summed E-state index contributed by atoms with van der Waals surface area (Å²) in [6.07, 6.45) is 0. The molecule has 0 aliphatic heterocycles. The first-order chi connectivity index (χ1) is 7.06. The molecule has 1 aromatic carbocycles. The lowest BCUT2D eigenvalue weighted by molar-refractivity contribution is 0.0697. The Morgan fingerprint density at radius 2 is 2.20 bits per heavy atom. The van der Waals surface area contributed by atoms with Gasteiger partial charge >= 0.3 is 5.97 Å². The average Bonchev–Trinajstić information content (AvgIpc) is 2.17. The summed E-state index contributed by atoms with van der Waals surface area (Å²) in [5, 5.41) is 18.1. The van der Waals surface area contributed by atoms with Gasteiger partial charge in [0.2, 0.25) is 0 Å². The van der Waals surface area contributed by atoms with Gasteiger partial charge in [0.1, 0.15) is 0 Å². The number of aliphatic hydroxyl groups excluding tert-OH is 1. The average molecular weight is 230 g/mol. The van der Waals surface area contributed by atoms with Gasteiger partial charge in [0.05, 0.1) is 17.9 Å². The minimum atomic E-state index is -1.03. The first-order valence-electron chi connectivity index (χ1n) is 4.41. The van der Waals surface area contributed by atoms with E-state index < -0.39 is 5.97 Å². The van der Waals surface area contributed by atoms with Crippen LogP contribution in [0.1, 0.15) is 10.4 Å². The van der Waals surface area contributed by atoms with Crippen LogP contribution in [0.4, 0.5) is 5.69 Å². The highest BCUT2D eigenvalue weighted by Crippen LogP contribution is 2.23. The number of carboxylic acid groups (broad SMARTS) is 1. The molecule has 1 rings (SSSR count). The summed E-state index contributed by atoms with van der Waals surface area (Å²) < 4.78 is 0. The molecule has 0 aliphatic carbocycles. The second kappa shape index (κ2) is 5.00. The molecule has 0 saturated carbocycles. The number of hydrogen-bond acceptors (Lipinski definition) is 3. The van der Waals surface area contributed by atoms with Gasteiger partial charge in [-0.05, 0) is 18.2 Å². The molecule has 0 saturated heterocycles. The minimum Gasteiger partial charge on any atom is -0.478 e. The first kappa shape index (κ1) is 11.8. The smallest absolute Gasteiger partial charge is 0.337 e. The molecule has 0 radical (unpaired) electrons. The minimum absolute atomic E-state index is 0.0296. The van der Waals surface area contributed by atoms with Gasteiger partial charge in [-0.1, -0.05) is 11.6 Å². The number of aromatic carboxylic acids is 1. The van der Waals surface area contributed by atoms with Crippen molar-refractivity contribution < 1.29 is 15.0 Å². The van der Waals surface area contributed by atoms with Crippen molar-refractivity contribution in [3.8, 4) is 0 Å².